The number of anilines is 1. The molecule has 0 aliphatic carbocycles. The van der Waals surface area contributed by atoms with Crippen molar-refractivity contribution in [3.63, 3.8) is 0 Å². The molecule has 0 radical (unpaired) electrons. The normalized spacial score (nSPS) is 12.9. The molecule has 1 atom stereocenters. The Balaban J connectivity index is 2.07. The first-order valence-electron chi connectivity index (χ1n) is 10.9. The number of fused-ring (bicyclic) bond motifs is 1. The van der Waals surface area contributed by atoms with Crippen LogP contribution in [0.4, 0.5) is 5.69 Å². The van der Waals surface area contributed by atoms with Crippen molar-refractivity contribution >= 4 is 34.4 Å². The molecule has 0 fully saturated rings. The maximum absolute atomic E-state index is 13.1. The van der Waals surface area contributed by atoms with Crippen molar-refractivity contribution in [2.24, 2.45) is 14.1 Å². The average molecular weight is 470 g/mol. The smallest absolute Gasteiger partial charge is 0.325 e. The summed E-state index contributed by atoms with van der Waals surface area (Å²) in [5.74, 6) is 0.561. The van der Waals surface area contributed by atoms with E-state index in [0.29, 0.717) is 10.9 Å². The van der Waals surface area contributed by atoms with E-state index in [1.54, 1.807) is 14.0 Å². The third kappa shape index (κ3) is 4.88. The van der Waals surface area contributed by atoms with Crippen LogP contribution in [0.15, 0.2) is 38.9 Å². The predicted octanol–water partition coefficient (Wildman–Crippen LogP) is 3.57. The standard InChI is InChI=1S/C24H31N5O3S/c1-13(2)15-11-9-10-12-16(15)25-19(30)14(3)33-20-17-18(26-22(27-20)24(4,5)6)28(7)23(32)29(8)21(17)31/h9-14H,1-8H3,(H,25,30). The van der Waals surface area contributed by atoms with E-state index < -0.39 is 21.9 Å². The molecular formula is C24H31N5O3S. The van der Waals surface area contributed by atoms with Gasteiger partial charge in [-0.05, 0) is 24.5 Å². The zero-order valence-electron chi connectivity index (χ0n) is 20.4. The summed E-state index contributed by atoms with van der Waals surface area (Å²) in [5.41, 5.74) is 0.735. The second kappa shape index (κ2) is 9.13. The number of carbonyl (C=O) groups excluding carboxylic acids is 1. The minimum atomic E-state index is -0.543. The van der Waals surface area contributed by atoms with Crippen LogP contribution in [-0.2, 0) is 24.3 Å². The average Bonchev–Trinajstić information content (AvgIpc) is 2.75. The fraction of sp³-hybridized carbons (Fsp3) is 0.458. The van der Waals surface area contributed by atoms with Crippen LogP contribution in [0.3, 0.4) is 0 Å². The van der Waals surface area contributed by atoms with Gasteiger partial charge in [0.25, 0.3) is 5.56 Å². The summed E-state index contributed by atoms with van der Waals surface area (Å²) in [6.45, 7) is 11.8. The molecule has 3 aromatic rings. The minimum absolute atomic E-state index is 0.196. The van der Waals surface area contributed by atoms with Crippen molar-refractivity contribution in [2.75, 3.05) is 5.32 Å². The minimum Gasteiger partial charge on any atom is -0.325 e. The summed E-state index contributed by atoms with van der Waals surface area (Å²) in [4.78, 5) is 47.8. The number of hydrogen-bond donors (Lipinski definition) is 1. The molecule has 1 unspecified atom stereocenters. The maximum atomic E-state index is 13.1. The van der Waals surface area contributed by atoms with Crippen LogP contribution in [0.5, 0.6) is 0 Å². The Morgan fingerprint density at radius 1 is 1.03 bits per heavy atom. The molecule has 1 amide bonds. The van der Waals surface area contributed by atoms with Gasteiger partial charge in [-0.25, -0.2) is 14.8 Å². The monoisotopic (exact) mass is 469 g/mol. The van der Waals surface area contributed by atoms with Crippen molar-refractivity contribution in [2.45, 2.75) is 63.2 Å². The quantitative estimate of drug-likeness (QED) is 0.453. The van der Waals surface area contributed by atoms with Gasteiger partial charge in [0.2, 0.25) is 5.91 Å². The Bertz CT molecular complexity index is 1330. The van der Waals surface area contributed by atoms with Crippen LogP contribution in [-0.4, -0.2) is 30.3 Å². The van der Waals surface area contributed by atoms with E-state index in [-0.39, 0.29) is 22.9 Å². The van der Waals surface area contributed by atoms with Crippen molar-refractivity contribution < 1.29 is 4.79 Å². The molecule has 8 nitrogen and oxygen atoms in total. The number of aromatic nitrogens is 4. The predicted molar refractivity (Wildman–Crippen MR) is 133 cm³/mol. The molecule has 3 rings (SSSR count). The zero-order chi connectivity index (χ0) is 24.7. The van der Waals surface area contributed by atoms with Crippen LogP contribution in [0.1, 0.15) is 58.8 Å². The Kier molecular flexibility index (Phi) is 6.83. The number of carbonyl (C=O) groups is 1. The van der Waals surface area contributed by atoms with Gasteiger partial charge >= 0.3 is 5.69 Å². The van der Waals surface area contributed by atoms with Gasteiger partial charge < -0.3 is 5.32 Å². The molecular weight excluding hydrogens is 438 g/mol. The summed E-state index contributed by atoms with van der Waals surface area (Å²) >= 11 is 1.19. The molecule has 0 bridgehead atoms. The van der Waals surface area contributed by atoms with Crippen LogP contribution < -0.4 is 16.6 Å². The van der Waals surface area contributed by atoms with Gasteiger partial charge in [0.05, 0.1) is 5.25 Å². The van der Waals surface area contributed by atoms with Gasteiger partial charge in [0.1, 0.15) is 16.2 Å². The van der Waals surface area contributed by atoms with Crippen LogP contribution >= 0.6 is 11.8 Å². The summed E-state index contributed by atoms with van der Waals surface area (Å²) in [5, 5.41) is 3.09. The molecule has 1 N–H and O–H groups in total. The number of rotatable bonds is 5. The van der Waals surface area contributed by atoms with Gasteiger partial charge in [0.15, 0.2) is 5.65 Å². The number of benzene rings is 1. The number of hydrogen-bond acceptors (Lipinski definition) is 6. The second-order valence-corrected chi connectivity index (χ2v) is 10.8. The highest BCUT2D eigenvalue weighted by molar-refractivity contribution is 8.00. The Hall–Kier alpha value is -2.94. The molecule has 0 aliphatic rings. The molecule has 176 valence electrons. The highest BCUT2D eigenvalue weighted by Gasteiger charge is 2.26. The van der Waals surface area contributed by atoms with Gasteiger partial charge in [-0.3, -0.25) is 18.7 Å². The fourth-order valence-corrected chi connectivity index (χ4v) is 4.36. The van der Waals surface area contributed by atoms with Gasteiger partial charge in [0, 0.05) is 25.2 Å². The number of nitrogens with one attached hydrogen (secondary N) is 1. The van der Waals surface area contributed by atoms with E-state index in [9.17, 15) is 14.4 Å². The number of amides is 1. The Morgan fingerprint density at radius 3 is 2.27 bits per heavy atom. The summed E-state index contributed by atoms with van der Waals surface area (Å²) in [6.07, 6.45) is 0. The molecule has 2 heterocycles. The van der Waals surface area contributed by atoms with E-state index in [4.69, 9.17) is 0 Å². The van der Waals surface area contributed by atoms with Crippen LogP contribution in [0, 0.1) is 0 Å². The van der Waals surface area contributed by atoms with E-state index in [0.717, 1.165) is 15.8 Å². The van der Waals surface area contributed by atoms with Crippen molar-refractivity contribution in [1.29, 1.82) is 0 Å². The third-order valence-electron chi connectivity index (χ3n) is 5.44. The second-order valence-electron chi connectivity index (χ2n) is 9.50. The SMILES string of the molecule is CC(Sc1nc(C(C)(C)C)nc2c1c(=O)n(C)c(=O)n2C)C(=O)Nc1ccccc1C(C)C. The Labute approximate surface area is 197 Å². The largest absolute Gasteiger partial charge is 0.332 e. The van der Waals surface area contributed by atoms with Gasteiger partial charge in [-0.1, -0.05) is 64.6 Å². The molecule has 2 aromatic heterocycles. The topological polar surface area (TPSA) is 98.9 Å². The molecule has 0 spiro atoms. The molecule has 0 saturated heterocycles. The number of nitrogens with zero attached hydrogens (tertiary/aromatic N) is 4. The van der Waals surface area contributed by atoms with Crippen molar-refractivity contribution in [1.82, 2.24) is 19.1 Å². The molecule has 1 aromatic carbocycles. The van der Waals surface area contributed by atoms with Gasteiger partial charge in [-0.15, -0.1) is 0 Å². The van der Waals surface area contributed by atoms with Gasteiger partial charge in [-0.2, -0.15) is 0 Å². The lowest BCUT2D eigenvalue weighted by atomic mass is 9.96. The summed E-state index contributed by atoms with van der Waals surface area (Å²) in [7, 11) is 3.01. The lowest BCUT2D eigenvalue weighted by Crippen LogP contribution is -2.38. The molecule has 0 saturated carbocycles. The molecule has 9 heteroatoms. The zero-order valence-corrected chi connectivity index (χ0v) is 21.2. The first-order valence-corrected chi connectivity index (χ1v) is 11.8. The number of thioether (sulfide) groups is 1. The van der Waals surface area contributed by atoms with Crippen LogP contribution in [0.25, 0.3) is 11.0 Å². The fourth-order valence-electron chi connectivity index (χ4n) is 3.42. The lowest BCUT2D eigenvalue weighted by Gasteiger charge is -2.20. The summed E-state index contributed by atoms with van der Waals surface area (Å²) in [6, 6.07) is 7.71. The summed E-state index contributed by atoms with van der Waals surface area (Å²) < 4.78 is 2.39. The first-order chi connectivity index (χ1) is 15.3. The number of aryl methyl sites for hydroxylation is 1. The number of para-hydroxylation sites is 1. The highest BCUT2D eigenvalue weighted by atomic mass is 32.2. The highest BCUT2D eigenvalue weighted by Crippen LogP contribution is 2.31. The van der Waals surface area contributed by atoms with E-state index in [1.165, 1.54) is 23.4 Å². The molecule has 0 aliphatic heterocycles. The Morgan fingerprint density at radius 2 is 1.67 bits per heavy atom. The lowest BCUT2D eigenvalue weighted by molar-refractivity contribution is -0.115. The van der Waals surface area contributed by atoms with E-state index in [1.807, 2.05) is 45.0 Å². The van der Waals surface area contributed by atoms with E-state index in [2.05, 4.69) is 29.1 Å². The van der Waals surface area contributed by atoms with Crippen molar-refractivity contribution in [3.05, 3.63) is 56.5 Å². The van der Waals surface area contributed by atoms with E-state index >= 15 is 0 Å². The van der Waals surface area contributed by atoms with Crippen LogP contribution in [0.2, 0.25) is 0 Å². The first kappa shape index (κ1) is 24.7. The van der Waals surface area contributed by atoms with Crippen molar-refractivity contribution in [3.8, 4) is 0 Å². The molecule has 33 heavy (non-hydrogen) atoms. The maximum Gasteiger partial charge on any atom is 0.332 e. The third-order valence-corrected chi connectivity index (χ3v) is 6.52.